The summed E-state index contributed by atoms with van der Waals surface area (Å²) >= 11 is 7.42. The monoisotopic (exact) mass is 440 g/mol. The first-order chi connectivity index (χ1) is 14.5. The van der Waals surface area contributed by atoms with Crippen molar-refractivity contribution in [3.63, 3.8) is 0 Å². The third-order valence-corrected chi connectivity index (χ3v) is 5.85. The summed E-state index contributed by atoms with van der Waals surface area (Å²) in [6, 6.07) is 19.0. The molecule has 0 aliphatic rings. The van der Waals surface area contributed by atoms with Gasteiger partial charge in [0.25, 0.3) is 5.91 Å². The van der Waals surface area contributed by atoms with Crippen LogP contribution >= 0.6 is 22.9 Å². The number of thiazole rings is 1. The van der Waals surface area contributed by atoms with Crippen molar-refractivity contribution < 1.29 is 13.9 Å². The Morgan fingerprint density at radius 1 is 1.13 bits per heavy atom. The van der Waals surface area contributed by atoms with Gasteiger partial charge < -0.3 is 4.74 Å². The van der Waals surface area contributed by atoms with E-state index < -0.39 is 0 Å². The van der Waals surface area contributed by atoms with E-state index in [9.17, 15) is 9.18 Å². The van der Waals surface area contributed by atoms with E-state index in [1.54, 1.807) is 35.2 Å². The SMILES string of the molecule is Cc1cc(Cl)ccc1OCC(=O)N(Cc1ccc(F)cc1)c1nc2ccccc2s1. The lowest BCUT2D eigenvalue weighted by Crippen LogP contribution is -2.34. The lowest BCUT2D eigenvalue weighted by atomic mass is 10.2. The van der Waals surface area contributed by atoms with Gasteiger partial charge in [0.05, 0.1) is 16.8 Å². The van der Waals surface area contributed by atoms with Gasteiger partial charge in [0.2, 0.25) is 0 Å². The van der Waals surface area contributed by atoms with Crippen LogP contribution in [0.4, 0.5) is 9.52 Å². The Balaban J connectivity index is 1.59. The van der Waals surface area contributed by atoms with E-state index in [2.05, 4.69) is 4.98 Å². The number of carbonyl (C=O) groups is 1. The van der Waals surface area contributed by atoms with Crippen LogP contribution in [0, 0.1) is 12.7 Å². The second-order valence-corrected chi connectivity index (χ2v) is 8.21. The molecule has 0 aliphatic carbocycles. The average molecular weight is 441 g/mol. The Labute approximate surface area is 182 Å². The highest BCUT2D eigenvalue weighted by Gasteiger charge is 2.21. The third kappa shape index (κ3) is 4.61. The van der Waals surface area contributed by atoms with Crippen LogP contribution in [0.3, 0.4) is 0 Å². The van der Waals surface area contributed by atoms with Crippen molar-refractivity contribution in [2.75, 3.05) is 11.5 Å². The summed E-state index contributed by atoms with van der Waals surface area (Å²) in [5.41, 5.74) is 2.47. The average Bonchev–Trinajstić information content (AvgIpc) is 3.16. The maximum atomic E-state index is 13.3. The standard InChI is InChI=1S/C23H18ClFN2O2S/c1-15-12-17(24)8-11-20(15)29-14-22(28)27(13-16-6-9-18(25)10-7-16)23-26-19-4-2-3-5-21(19)30-23/h2-12H,13-14H2,1H3. The van der Waals surface area contributed by atoms with E-state index in [1.807, 2.05) is 31.2 Å². The number of carbonyl (C=O) groups excluding carboxylic acids is 1. The molecule has 4 rings (SSSR count). The van der Waals surface area contributed by atoms with Crippen molar-refractivity contribution >= 4 is 44.2 Å². The Morgan fingerprint density at radius 2 is 1.90 bits per heavy atom. The van der Waals surface area contributed by atoms with Gasteiger partial charge in [0.1, 0.15) is 11.6 Å². The molecule has 4 nitrogen and oxygen atoms in total. The van der Waals surface area contributed by atoms with Crippen LogP contribution in [0.1, 0.15) is 11.1 Å². The van der Waals surface area contributed by atoms with Crippen LogP contribution in [-0.4, -0.2) is 17.5 Å². The summed E-state index contributed by atoms with van der Waals surface area (Å²) in [5, 5.41) is 1.18. The molecule has 0 N–H and O–H groups in total. The lowest BCUT2D eigenvalue weighted by Gasteiger charge is -2.20. The van der Waals surface area contributed by atoms with Gasteiger partial charge in [-0.25, -0.2) is 9.37 Å². The number of hydrogen-bond donors (Lipinski definition) is 0. The molecule has 1 heterocycles. The number of hydrogen-bond acceptors (Lipinski definition) is 4. The minimum atomic E-state index is -0.321. The molecule has 0 spiro atoms. The first-order valence-corrected chi connectivity index (χ1v) is 10.5. The van der Waals surface area contributed by atoms with Crippen molar-refractivity contribution in [2.24, 2.45) is 0 Å². The second kappa shape index (κ2) is 8.81. The van der Waals surface area contributed by atoms with Gasteiger partial charge in [-0.3, -0.25) is 9.69 Å². The lowest BCUT2D eigenvalue weighted by molar-refractivity contribution is -0.120. The highest BCUT2D eigenvalue weighted by Crippen LogP contribution is 2.30. The molecule has 152 valence electrons. The number of para-hydroxylation sites is 1. The Bertz CT molecular complexity index is 1160. The van der Waals surface area contributed by atoms with E-state index in [0.717, 1.165) is 21.3 Å². The number of halogens is 2. The Morgan fingerprint density at radius 3 is 2.63 bits per heavy atom. The van der Waals surface area contributed by atoms with Gasteiger partial charge in [-0.15, -0.1) is 0 Å². The molecule has 0 saturated carbocycles. The van der Waals surface area contributed by atoms with Crippen molar-refractivity contribution in [1.82, 2.24) is 4.98 Å². The fourth-order valence-electron chi connectivity index (χ4n) is 3.00. The zero-order chi connectivity index (χ0) is 21.1. The van der Waals surface area contributed by atoms with Crippen molar-refractivity contribution in [2.45, 2.75) is 13.5 Å². The summed E-state index contributed by atoms with van der Waals surface area (Å²) in [5.74, 6) is 0.0321. The maximum Gasteiger partial charge on any atom is 0.267 e. The molecule has 0 aliphatic heterocycles. The van der Waals surface area contributed by atoms with Gasteiger partial charge in [-0.1, -0.05) is 47.2 Å². The van der Waals surface area contributed by atoms with E-state index in [1.165, 1.54) is 23.5 Å². The molecule has 0 unspecified atom stereocenters. The first-order valence-electron chi connectivity index (χ1n) is 9.29. The fraction of sp³-hybridized carbons (Fsp3) is 0.130. The Hall–Kier alpha value is -2.96. The number of ether oxygens (including phenoxy) is 1. The van der Waals surface area contributed by atoms with Crippen LogP contribution < -0.4 is 9.64 Å². The maximum absolute atomic E-state index is 13.3. The number of fused-ring (bicyclic) bond motifs is 1. The van der Waals surface area contributed by atoms with Crippen molar-refractivity contribution in [3.05, 3.63) is 88.7 Å². The molecular formula is C23H18ClFN2O2S. The van der Waals surface area contributed by atoms with Gasteiger partial charge in [-0.2, -0.15) is 0 Å². The first kappa shape index (κ1) is 20.3. The smallest absolute Gasteiger partial charge is 0.267 e. The number of amides is 1. The number of aryl methyl sites for hydroxylation is 1. The summed E-state index contributed by atoms with van der Waals surface area (Å²) in [6.45, 7) is 1.98. The van der Waals surface area contributed by atoms with E-state index in [4.69, 9.17) is 16.3 Å². The molecule has 3 aromatic carbocycles. The van der Waals surface area contributed by atoms with Crippen molar-refractivity contribution in [3.8, 4) is 5.75 Å². The minimum absolute atomic E-state index is 0.153. The molecule has 1 aromatic heterocycles. The van der Waals surface area contributed by atoms with Crippen LogP contribution in [0.2, 0.25) is 5.02 Å². The summed E-state index contributed by atoms with van der Waals surface area (Å²) in [6.07, 6.45) is 0. The molecule has 7 heteroatoms. The predicted molar refractivity (Wildman–Crippen MR) is 119 cm³/mol. The predicted octanol–water partition coefficient (Wildman–Crippen LogP) is 6.01. The number of rotatable bonds is 6. The van der Waals surface area contributed by atoms with Crippen LogP contribution in [0.5, 0.6) is 5.75 Å². The summed E-state index contributed by atoms with van der Waals surface area (Å²) < 4.78 is 20.0. The minimum Gasteiger partial charge on any atom is -0.483 e. The summed E-state index contributed by atoms with van der Waals surface area (Å²) in [4.78, 5) is 19.3. The van der Waals surface area contributed by atoms with E-state index in [-0.39, 0.29) is 24.9 Å². The Kier molecular flexibility index (Phi) is 5.97. The van der Waals surface area contributed by atoms with Gasteiger partial charge in [0.15, 0.2) is 11.7 Å². The summed E-state index contributed by atoms with van der Waals surface area (Å²) in [7, 11) is 0. The van der Waals surface area contributed by atoms with Crippen molar-refractivity contribution in [1.29, 1.82) is 0 Å². The number of anilines is 1. The molecule has 0 atom stereocenters. The molecule has 1 amide bonds. The molecule has 0 radical (unpaired) electrons. The molecule has 30 heavy (non-hydrogen) atoms. The molecule has 0 saturated heterocycles. The highest BCUT2D eigenvalue weighted by atomic mass is 35.5. The zero-order valence-electron chi connectivity index (χ0n) is 16.1. The molecular weight excluding hydrogens is 423 g/mol. The number of aromatic nitrogens is 1. The third-order valence-electron chi connectivity index (χ3n) is 4.56. The topological polar surface area (TPSA) is 42.4 Å². The van der Waals surface area contributed by atoms with Crippen LogP contribution in [-0.2, 0) is 11.3 Å². The van der Waals surface area contributed by atoms with Crippen LogP contribution in [0.25, 0.3) is 10.2 Å². The molecule has 4 aromatic rings. The molecule has 0 fully saturated rings. The van der Waals surface area contributed by atoms with Gasteiger partial charge in [-0.05, 0) is 60.5 Å². The normalized spacial score (nSPS) is 10.9. The second-order valence-electron chi connectivity index (χ2n) is 6.77. The largest absolute Gasteiger partial charge is 0.483 e. The molecule has 0 bridgehead atoms. The number of nitrogens with zero attached hydrogens (tertiary/aromatic N) is 2. The highest BCUT2D eigenvalue weighted by molar-refractivity contribution is 7.22. The number of benzene rings is 3. The zero-order valence-corrected chi connectivity index (χ0v) is 17.7. The van der Waals surface area contributed by atoms with E-state index >= 15 is 0 Å². The van der Waals surface area contributed by atoms with E-state index in [0.29, 0.717) is 15.9 Å². The quantitative estimate of drug-likeness (QED) is 0.368. The van der Waals surface area contributed by atoms with Gasteiger partial charge in [0, 0.05) is 5.02 Å². The van der Waals surface area contributed by atoms with Gasteiger partial charge >= 0.3 is 0 Å². The fourth-order valence-corrected chi connectivity index (χ4v) is 4.21. The van der Waals surface area contributed by atoms with Crippen LogP contribution in [0.15, 0.2) is 66.7 Å².